The fraction of sp³-hybridized carbons (Fsp3) is 0.231. The second kappa shape index (κ2) is 3.24. The summed E-state index contributed by atoms with van der Waals surface area (Å²) in [5, 5.41) is 1.24. The molecule has 0 atom stereocenters. The monoisotopic (exact) mass is 262 g/mol. The van der Waals surface area contributed by atoms with Crippen LogP contribution in [-0.4, -0.2) is 0 Å². The molecule has 2 heteroatoms. The van der Waals surface area contributed by atoms with Gasteiger partial charge >= 0.3 is 0 Å². The molecule has 3 rings (SSSR count). The van der Waals surface area contributed by atoms with Crippen LogP contribution in [0.15, 0.2) is 33.7 Å². The van der Waals surface area contributed by atoms with Gasteiger partial charge in [-0.3, -0.25) is 0 Å². The van der Waals surface area contributed by atoms with Crippen molar-refractivity contribution in [3.8, 4) is 0 Å². The molecule has 1 aliphatic rings. The van der Waals surface area contributed by atoms with Crippen LogP contribution < -0.4 is 0 Å². The molecule has 1 nitrogen and oxygen atoms in total. The van der Waals surface area contributed by atoms with Crippen molar-refractivity contribution in [3.63, 3.8) is 0 Å². The molecule has 0 spiro atoms. The van der Waals surface area contributed by atoms with Gasteiger partial charge in [-0.05, 0) is 43.0 Å². The predicted molar refractivity (Wildman–Crippen MR) is 65.9 cm³/mol. The first-order valence-electron chi connectivity index (χ1n) is 5.15. The van der Waals surface area contributed by atoms with E-state index in [1.807, 2.05) is 12.1 Å². The number of rotatable bonds is 0. The minimum Gasteiger partial charge on any atom is -0.456 e. The molecule has 0 saturated heterocycles. The maximum absolute atomic E-state index is 5.84. The molecule has 2 aromatic rings. The molecule has 0 aliphatic heterocycles. The van der Waals surface area contributed by atoms with E-state index in [1.165, 1.54) is 17.4 Å². The second-order valence-corrected chi connectivity index (χ2v) is 4.92. The summed E-state index contributed by atoms with van der Waals surface area (Å²) in [5.41, 5.74) is 3.46. The molecular formula is C13H11BrO. The van der Waals surface area contributed by atoms with Gasteiger partial charge in [-0.1, -0.05) is 22.5 Å². The van der Waals surface area contributed by atoms with Gasteiger partial charge in [-0.2, -0.15) is 0 Å². The molecule has 1 heterocycles. The number of furan rings is 1. The van der Waals surface area contributed by atoms with E-state index in [4.69, 9.17) is 4.42 Å². The number of aryl methyl sites for hydroxylation is 1. The molecule has 0 saturated carbocycles. The molecule has 15 heavy (non-hydrogen) atoms. The van der Waals surface area contributed by atoms with Crippen molar-refractivity contribution in [3.05, 3.63) is 40.6 Å². The molecule has 0 amide bonds. The third-order valence-electron chi connectivity index (χ3n) is 2.98. The van der Waals surface area contributed by atoms with Crippen molar-refractivity contribution < 1.29 is 4.42 Å². The van der Waals surface area contributed by atoms with Crippen molar-refractivity contribution in [1.29, 1.82) is 0 Å². The quantitative estimate of drug-likeness (QED) is 0.679. The molecule has 1 aromatic heterocycles. The van der Waals surface area contributed by atoms with Gasteiger partial charge in [0.15, 0.2) is 0 Å². The summed E-state index contributed by atoms with van der Waals surface area (Å²) in [4.78, 5) is 0. The van der Waals surface area contributed by atoms with Gasteiger partial charge in [0, 0.05) is 15.4 Å². The van der Waals surface area contributed by atoms with Gasteiger partial charge in [-0.25, -0.2) is 0 Å². The van der Waals surface area contributed by atoms with Crippen molar-refractivity contribution >= 4 is 32.5 Å². The highest BCUT2D eigenvalue weighted by molar-refractivity contribution is 9.10. The topological polar surface area (TPSA) is 13.1 Å². The first-order chi connectivity index (χ1) is 7.25. The molecule has 0 N–H and O–H groups in total. The van der Waals surface area contributed by atoms with Crippen molar-refractivity contribution in [2.24, 2.45) is 0 Å². The molecule has 0 fully saturated rings. The molecule has 0 radical (unpaired) electrons. The summed E-state index contributed by atoms with van der Waals surface area (Å²) >= 11 is 3.50. The first-order valence-corrected chi connectivity index (χ1v) is 5.94. The SMILES string of the molecule is C=C1CCCc2c1oc1ccc(Br)cc21. The highest BCUT2D eigenvalue weighted by Crippen LogP contribution is 2.37. The predicted octanol–water partition coefficient (Wildman–Crippen LogP) is 4.54. The second-order valence-electron chi connectivity index (χ2n) is 4.01. The number of fused-ring (bicyclic) bond motifs is 3. The summed E-state index contributed by atoms with van der Waals surface area (Å²) in [6.07, 6.45) is 3.36. The third kappa shape index (κ3) is 1.36. The number of halogens is 1. The fourth-order valence-corrected chi connectivity index (χ4v) is 2.61. The molecule has 1 aromatic carbocycles. The maximum atomic E-state index is 5.84. The Bertz CT molecular complexity index is 551. The Morgan fingerprint density at radius 2 is 2.13 bits per heavy atom. The third-order valence-corrected chi connectivity index (χ3v) is 3.47. The molecule has 1 aliphatic carbocycles. The van der Waals surface area contributed by atoms with Gasteiger partial charge in [0.2, 0.25) is 0 Å². The number of benzene rings is 1. The molecule has 0 unspecified atom stereocenters. The zero-order valence-electron chi connectivity index (χ0n) is 8.35. The molecule has 76 valence electrons. The van der Waals surface area contributed by atoms with E-state index in [-0.39, 0.29) is 0 Å². The van der Waals surface area contributed by atoms with Crippen LogP contribution in [0.2, 0.25) is 0 Å². The maximum Gasteiger partial charge on any atom is 0.135 e. The molecule has 0 bridgehead atoms. The molecular weight excluding hydrogens is 252 g/mol. The minimum absolute atomic E-state index is 0.978. The summed E-state index contributed by atoms with van der Waals surface area (Å²) in [5.74, 6) is 1.02. The van der Waals surface area contributed by atoms with E-state index in [0.29, 0.717) is 0 Å². The fourth-order valence-electron chi connectivity index (χ4n) is 2.25. The average molecular weight is 263 g/mol. The summed E-state index contributed by atoms with van der Waals surface area (Å²) < 4.78 is 6.94. The average Bonchev–Trinajstić information content (AvgIpc) is 2.58. The van der Waals surface area contributed by atoms with Crippen molar-refractivity contribution in [1.82, 2.24) is 0 Å². The van der Waals surface area contributed by atoms with Crippen LogP contribution >= 0.6 is 15.9 Å². The van der Waals surface area contributed by atoms with E-state index in [2.05, 4.69) is 28.6 Å². The lowest BCUT2D eigenvalue weighted by atomic mass is 9.93. The van der Waals surface area contributed by atoms with Crippen LogP contribution in [0.4, 0.5) is 0 Å². The van der Waals surface area contributed by atoms with Crippen LogP contribution in [-0.2, 0) is 6.42 Å². The number of hydrogen-bond acceptors (Lipinski definition) is 1. The standard InChI is InChI=1S/C13H11BrO/c1-8-3-2-4-10-11-7-9(14)5-6-12(11)15-13(8)10/h5-7H,1-4H2. The van der Waals surface area contributed by atoms with Crippen LogP contribution in [0.3, 0.4) is 0 Å². The highest BCUT2D eigenvalue weighted by Gasteiger charge is 2.20. The van der Waals surface area contributed by atoms with Crippen molar-refractivity contribution in [2.45, 2.75) is 19.3 Å². The van der Waals surface area contributed by atoms with Crippen molar-refractivity contribution in [2.75, 3.05) is 0 Å². The van der Waals surface area contributed by atoms with Gasteiger partial charge < -0.3 is 4.42 Å². The van der Waals surface area contributed by atoms with Crippen LogP contribution in [0, 0.1) is 0 Å². The van der Waals surface area contributed by atoms with Crippen LogP contribution in [0.25, 0.3) is 16.5 Å². The summed E-state index contributed by atoms with van der Waals surface area (Å²) in [7, 11) is 0. The zero-order chi connectivity index (χ0) is 10.4. The number of hydrogen-bond donors (Lipinski definition) is 0. The summed E-state index contributed by atoms with van der Waals surface area (Å²) in [6, 6.07) is 6.17. The van der Waals surface area contributed by atoms with Crippen LogP contribution in [0.5, 0.6) is 0 Å². The van der Waals surface area contributed by atoms with Crippen LogP contribution in [0.1, 0.15) is 24.2 Å². The Hall–Kier alpha value is -1.02. The van der Waals surface area contributed by atoms with E-state index >= 15 is 0 Å². The normalized spacial score (nSPS) is 15.7. The lowest BCUT2D eigenvalue weighted by molar-refractivity contribution is 0.579. The van der Waals surface area contributed by atoms with E-state index < -0.39 is 0 Å². The Balaban J connectivity index is 2.36. The first kappa shape index (κ1) is 9.22. The van der Waals surface area contributed by atoms with Gasteiger partial charge in [0.25, 0.3) is 0 Å². The zero-order valence-corrected chi connectivity index (χ0v) is 9.93. The Kier molecular flexibility index (Phi) is 1.99. The number of allylic oxidation sites excluding steroid dienone is 1. The van der Waals surface area contributed by atoms with Gasteiger partial charge in [0.1, 0.15) is 11.3 Å². The highest BCUT2D eigenvalue weighted by atomic mass is 79.9. The summed E-state index contributed by atoms with van der Waals surface area (Å²) in [6.45, 7) is 4.07. The van der Waals surface area contributed by atoms with E-state index in [0.717, 1.165) is 34.2 Å². The smallest absolute Gasteiger partial charge is 0.135 e. The Morgan fingerprint density at radius 3 is 3.00 bits per heavy atom. The minimum atomic E-state index is 0.978. The lowest BCUT2D eigenvalue weighted by Crippen LogP contribution is -1.97. The Morgan fingerprint density at radius 1 is 1.27 bits per heavy atom. The Labute approximate surface area is 96.9 Å². The van der Waals surface area contributed by atoms with Gasteiger partial charge in [0.05, 0.1) is 0 Å². The van der Waals surface area contributed by atoms with E-state index in [9.17, 15) is 0 Å². The lowest BCUT2D eigenvalue weighted by Gasteiger charge is -2.11. The van der Waals surface area contributed by atoms with Gasteiger partial charge in [-0.15, -0.1) is 0 Å². The largest absolute Gasteiger partial charge is 0.456 e. The van der Waals surface area contributed by atoms with E-state index in [1.54, 1.807) is 0 Å².